The van der Waals surface area contributed by atoms with Gasteiger partial charge in [-0.15, -0.1) is 0 Å². The Morgan fingerprint density at radius 2 is 2.21 bits per heavy atom. The summed E-state index contributed by atoms with van der Waals surface area (Å²) in [7, 11) is 0. The Balaban J connectivity index is 2.07. The van der Waals surface area contributed by atoms with Gasteiger partial charge in [0.2, 0.25) is 0 Å². The van der Waals surface area contributed by atoms with E-state index in [2.05, 4.69) is 43.2 Å². The van der Waals surface area contributed by atoms with Crippen LogP contribution in [0.3, 0.4) is 0 Å². The third-order valence-corrected chi connectivity index (χ3v) is 4.17. The predicted molar refractivity (Wildman–Crippen MR) is 77.8 cm³/mol. The topological polar surface area (TPSA) is 43.8 Å². The van der Waals surface area contributed by atoms with Crippen molar-refractivity contribution in [3.05, 3.63) is 41.6 Å². The summed E-state index contributed by atoms with van der Waals surface area (Å²) in [5, 5.41) is 4.34. The summed E-state index contributed by atoms with van der Waals surface area (Å²) in [5.74, 6) is 0. The first-order valence-electron chi connectivity index (χ1n) is 7.06. The average Bonchev–Trinajstić information content (AvgIpc) is 2.86. The van der Waals surface area contributed by atoms with Crippen molar-refractivity contribution in [2.24, 2.45) is 5.73 Å². The molecule has 3 heteroatoms. The van der Waals surface area contributed by atoms with E-state index >= 15 is 0 Å². The molecule has 1 aliphatic rings. The van der Waals surface area contributed by atoms with Crippen LogP contribution >= 0.6 is 0 Å². The summed E-state index contributed by atoms with van der Waals surface area (Å²) in [5.41, 5.74) is 11.4. The van der Waals surface area contributed by atoms with Gasteiger partial charge in [-0.1, -0.05) is 12.1 Å². The lowest BCUT2D eigenvalue weighted by Crippen LogP contribution is -2.36. The molecule has 0 radical (unpaired) electrons. The Kier molecular flexibility index (Phi) is 2.94. The Morgan fingerprint density at radius 3 is 3.00 bits per heavy atom. The van der Waals surface area contributed by atoms with E-state index in [9.17, 15) is 0 Å². The summed E-state index contributed by atoms with van der Waals surface area (Å²) < 4.78 is 2.03. The molecule has 100 valence electrons. The Labute approximate surface area is 114 Å². The fourth-order valence-corrected chi connectivity index (χ4v) is 3.13. The van der Waals surface area contributed by atoms with Crippen LogP contribution in [0.4, 0.5) is 0 Å². The highest BCUT2D eigenvalue weighted by Gasteiger charge is 2.27. The largest absolute Gasteiger partial charge is 0.322 e. The molecule has 1 aliphatic carbocycles. The van der Waals surface area contributed by atoms with Crippen LogP contribution in [0.5, 0.6) is 0 Å². The van der Waals surface area contributed by atoms with Crippen molar-refractivity contribution >= 4 is 0 Å². The summed E-state index contributed by atoms with van der Waals surface area (Å²) in [6, 6.07) is 8.76. The zero-order valence-corrected chi connectivity index (χ0v) is 11.7. The summed E-state index contributed by atoms with van der Waals surface area (Å²) in [4.78, 5) is 0. The molecule has 0 saturated heterocycles. The first-order valence-corrected chi connectivity index (χ1v) is 7.06. The van der Waals surface area contributed by atoms with Crippen LogP contribution in [0.2, 0.25) is 0 Å². The molecule has 0 saturated carbocycles. The first-order chi connectivity index (χ1) is 9.12. The Morgan fingerprint density at radius 1 is 1.37 bits per heavy atom. The molecule has 19 heavy (non-hydrogen) atoms. The lowest BCUT2D eigenvalue weighted by atomic mass is 9.78. The molecule has 0 bridgehead atoms. The molecule has 1 aromatic heterocycles. The fourth-order valence-electron chi connectivity index (χ4n) is 3.13. The highest BCUT2D eigenvalue weighted by molar-refractivity contribution is 5.62. The van der Waals surface area contributed by atoms with Crippen LogP contribution in [0.25, 0.3) is 11.3 Å². The zero-order valence-electron chi connectivity index (χ0n) is 11.7. The van der Waals surface area contributed by atoms with Crippen molar-refractivity contribution in [2.75, 3.05) is 0 Å². The van der Waals surface area contributed by atoms with Gasteiger partial charge in [-0.2, -0.15) is 5.10 Å². The van der Waals surface area contributed by atoms with Gasteiger partial charge in [0, 0.05) is 23.8 Å². The molecular formula is C16H21N3. The second-order valence-electron chi connectivity index (χ2n) is 5.68. The molecule has 3 rings (SSSR count). The third kappa shape index (κ3) is 2.08. The quantitative estimate of drug-likeness (QED) is 0.896. The lowest BCUT2D eigenvalue weighted by Gasteiger charge is -2.32. The van der Waals surface area contributed by atoms with E-state index in [4.69, 9.17) is 5.73 Å². The van der Waals surface area contributed by atoms with E-state index in [-0.39, 0.29) is 5.54 Å². The maximum atomic E-state index is 6.40. The fraction of sp³-hybridized carbons (Fsp3) is 0.438. The zero-order chi connectivity index (χ0) is 13.5. The monoisotopic (exact) mass is 255 g/mol. The van der Waals surface area contributed by atoms with Gasteiger partial charge in [0.1, 0.15) is 0 Å². The van der Waals surface area contributed by atoms with E-state index in [1.807, 2.05) is 10.9 Å². The van der Waals surface area contributed by atoms with Crippen LogP contribution in [0, 0.1) is 0 Å². The van der Waals surface area contributed by atoms with Crippen LogP contribution in [-0.4, -0.2) is 9.78 Å². The van der Waals surface area contributed by atoms with E-state index in [1.54, 1.807) is 0 Å². The van der Waals surface area contributed by atoms with Gasteiger partial charge < -0.3 is 5.73 Å². The van der Waals surface area contributed by atoms with Crippen molar-refractivity contribution in [1.29, 1.82) is 0 Å². The minimum Gasteiger partial charge on any atom is -0.322 e. The lowest BCUT2D eigenvalue weighted by molar-refractivity contribution is 0.409. The molecule has 1 atom stereocenters. The summed E-state index contributed by atoms with van der Waals surface area (Å²) in [6.45, 7) is 5.15. The minimum absolute atomic E-state index is 0.170. The highest BCUT2D eigenvalue weighted by atomic mass is 15.3. The normalized spacial score (nSPS) is 22.3. The van der Waals surface area contributed by atoms with E-state index in [0.29, 0.717) is 0 Å². The van der Waals surface area contributed by atoms with Crippen LogP contribution in [0.15, 0.2) is 30.5 Å². The molecule has 2 aromatic rings. The van der Waals surface area contributed by atoms with Crippen molar-refractivity contribution in [3.63, 3.8) is 0 Å². The molecule has 1 aromatic carbocycles. The first kappa shape index (κ1) is 12.4. The van der Waals surface area contributed by atoms with Gasteiger partial charge in [-0.05, 0) is 56.4 Å². The second kappa shape index (κ2) is 4.49. The Hall–Kier alpha value is -1.61. The van der Waals surface area contributed by atoms with Crippen molar-refractivity contribution in [3.8, 4) is 11.3 Å². The number of aromatic nitrogens is 2. The number of nitrogens with two attached hydrogens (primary N) is 1. The number of fused-ring (bicyclic) bond motifs is 1. The molecule has 0 amide bonds. The second-order valence-corrected chi connectivity index (χ2v) is 5.68. The number of hydrogen-bond acceptors (Lipinski definition) is 2. The number of nitrogens with zero attached hydrogens (tertiary/aromatic N) is 2. The SMILES string of the molecule is CCn1nccc1-c1ccc2c(c1)CCCC2(C)N. The average molecular weight is 255 g/mol. The summed E-state index contributed by atoms with van der Waals surface area (Å²) >= 11 is 0. The van der Waals surface area contributed by atoms with Crippen molar-refractivity contribution < 1.29 is 0 Å². The van der Waals surface area contributed by atoms with Gasteiger partial charge in [-0.3, -0.25) is 4.68 Å². The molecule has 1 heterocycles. The van der Waals surface area contributed by atoms with Gasteiger partial charge in [-0.25, -0.2) is 0 Å². The molecule has 2 N–H and O–H groups in total. The van der Waals surface area contributed by atoms with Gasteiger partial charge in [0.25, 0.3) is 0 Å². The standard InChI is InChI=1S/C16H21N3/c1-3-19-15(8-10-18-19)13-6-7-14-12(11-13)5-4-9-16(14,2)17/h6-8,10-11H,3-5,9,17H2,1-2H3. The predicted octanol–water partition coefficient (Wildman–Crippen LogP) is 3.08. The van der Waals surface area contributed by atoms with Gasteiger partial charge >= 0.3 is 0 Å². The van der Waals surface area contributed by atoms with Crippen LogP contribution in [0.1, 0.15) is 37.8 Å². The highest BCUT2D eigenvalue weighted by Crippen LogP contribution is 2.35. The molecule has 0 fully saturated rings. The van der Waals surface area contributed by atoms with Crippen LogP contribution in [-0.2, 0) is 18.5 Å². The van der Waals surface area contributed by atoms with Crippen molar-refractivity contribution in [2.45, 2.75) is 45.2 Å². The number of rotatable bonds is 2. The maximum Gasteiger partial charge on any atom is 0.0682 e. The molecular weight excluding hydrogens is 234 g/mol. The minimum atomic E-state index is -0.170. The molecule has 0 spiro atoms. The van der Waals surface area contributed by atoms with E-state index < -0.39 is 0 Å². The Bertz CT molecular complexity index is 596. The van der Waals surface area contributed by atoms with E-state index in [0.717, 1.165) is 19.4 Å². The number of aryl methyl sites for hydroxylation is 2. The van der Waals surface area contributed by atoms with Gasteiger partial charge in [0.15, 0.2) is 0 Å². The smallest absolute Gasteiger partial charge is 0.0682 e. The third-order valence-electron chi connectivity index (χ3n) is 4.17. The summed E-state index contributed by atoms with van der Waals surface area (Å²) in [6.07, 6.45) is 5.25. The maximum absolute atomic E-state index is 6.40. The molecule has 1 unspecified atom stereocenters. The molecule has 0 aliphatic heterocycles. The molecule has 3 nitrogen and oxygen atoms in total. The van der Waals surface area contributed by atoms with Crippen molar-refractivity contribution in [1.82, 2.24) is 9.78 Å². The van der Waals surface area contributed by atoms with E-state index in [1.165, 1.54) is 28.8 Å². The number of benzene rings is 1. The number of hydrogen-bond donors (Lipinski definition) is 1. The van der Waals surface area contributed by atoms with Gasteiger partial charge in [0.05, 0.1) is 5.69 Å². The van der Waals surface area contributed by atoms with Crippen LogP contribution < -0.4 is 5.73 Å².